The van der Waals surface area contributed by atoms with Crippen molar-refractivity contribution < 1.29 is 13.9 Å². The fourth-order valence-corrected chi connectivity index (χ4v) is 2.18. The van der Waals surface area contributed by atoms with Gasteiger partial charge in [0.1, 0.15) is 11.3 Å². The maximum atomic E-state index is 5.46. The first kappa shape index (κ1) is 10.0. The summed E-state index contributed by atoms with van der Waals surface area (Å²) < 4.78 is 16.3. The zero-order valence-electron chi connectivity index (χ0n) is 9.83. The van der Waals surface area contributed by atoms with Gasteiger partial charge >= 0.3 is 0 Å². The first-order valence-electron chi connectivity index (χ1n) is 5.23. The number of benzene rings is 1. The quantitative estimate of drug-likeness (QED) is 0.737. The summed E-state index contributed by atoms with van der Waals surface area (Å²) in [5.41, 5.74) is 2.32. The summed E-state index contributed by atoms with van der Waals surface area (Å²) in [4.78, 5) is 0. The molecule has 0 spiro atoms. The Morgan fingerprint density at radius 3 is 2.71 bits per heavy atom. The number of hydrogen-bond donors (Lipinski definition) is 1. The van der Waals surface area contributed by atoms with E-state index in [9.17, 15) is 0 Å². The molecule has 3 aromatic rings. The average Bonchev–Trinajstić information content (AvgIpc) is 2.94. The molecule has 0 saturated heterocycles. The van der Waals surface area contributed by atoms with Crippen LogP contribution in [-0.2, 0) is 0 Å². The van der Waals surface area contributed by atoms with E-state index in [1.807, 2.05) is 13.0 Å². The van der Waals surface area contributed by atoms with Crippen molar-refractivity contribution in [1.82, 2.24) is 10.2 Å². The first-order chi connectivity index (χ1) is 8.27. The zero-order chi connectivity index (χ0) is 12.0. The van der Waals surface area contributed by atoms with Crippen molar-refractivity contribution in [2.45, 2.75) is 6.92 Å². The number of fused-ring (bicyclic) bond motifs is 2. The zero-order valence-corrected chi connectivity index (χ0v) is 9.83. The number of ether oxygens (including phenoxy) is 2. The summed E-state index contributed by atoms with van der Waals surface area (Å²) in [5, 5.41) is 9.00. The van der Waals surface area contributed by atoms with Crippen LogP contribution < -0.4 is 9.47 Å². The van der Waals surface area contributed by atoms with Crippen LogP contribution in [0.3, 0.4) is 0 Å². The summed E-state index contributed by atoms with van der Waals surface area (Å²) in [6.45, 7) is 1.95. The number of methoxy groups -OCH3 is 2. The van der Waals surface area contributed by atoms with Crippen LogP contribution in [0.25, 0.3) is 21.9 Å². The van der Waals surface area contributed by atoms with Crippen molar-refractivity contribution in [3.63, 3.8) is 0 Å². The summed E-state index contributed by atoms with van der Waals surface area (Å²) in [7, 11) is 3.24. The van der Waals surface area contributed by atoms with E-state index >= 15 is 0 Å². The second-order valence-corrected chi connectivity index (χ2v) is 3.80. The van der Waals surface area contributed by atoms with E-state index < -0.39 is 0 Å². The normalized spacial score (nSPS) is 11.2. The molecule has 0 aliphatic carbocycles. The van der Waals surface area contributed by atoms with Gasteiger partial charge in [-0.2, -0.15) is 5.10 Å². The maximum Gasteiger partial charge on any atom is 0.190 e. The van der Waals surface area contributed by atoms with Crippen LogP contribution in [0.15, 0.2) is 16.7 Å². The lowest BCUT2D eigenvalue weighted by Crippen LogP contribution is -1.90. The van der Waals surface area contributed by atoms with E-state index in [0.29, 0.717) is 11.3 Å². The summed E-state index contributed by atoms with van der Waals surface area (Å²) in [5.74, 6) is 1.39. The summed E-state index contributed by atoms with van der Waals surface area (Å²) in [6, 6.07) is 1.86. The largest absolute Gasteiger partial charge is 0.495 e. The second-order valence-electron chi connectivity index (χ2n) is 3.80. The first-order valence-corrected chi connectivity index (χ1v) is 5.23. The number of nitrogens with one attached hydrogen (secondary N) is 1. The molecule has 5 heteroatoms. The number of aryl methyl sites for hydroxylation is 1. The minimum Gasteiger partial charge on any atom is -0.495 e. The Kier molecular flexibility index (Phi) is 2.01. The lowest BCUT2D eigenvalue weighted by molar-refractivity contribution is 0.410. The summed E-state index contributed by atoms with van der Waals surface area (Å²) in [6.07, 6.45) is 1.62. The molecule has 0 amide bonds. The second kappa shape index (κ2) is 3.41. The molecule has 0 atom stereocenters. The van der Waals surface area contributed by atoms with Crippen LogP contribution in [-0.4, -0.2) is 24.4 Å². The number of rotatable bonds is 2. The molecule has 0 radical (unpaired) electrons. The molecule has 3 rings (SSSR count). The summed E-state index contributed by atoms with van der Waals surface area (Å²) >= 11 is 0. The molecule has 0 fully saturated rings. The number of hydrogen-bond acceptors (Lipinski definition) is 4. The lowest BCUT2D eigenvalue weighted by Gasteiger charge is -2.07. The Morgan fingerprint density at radius 2 is 2.00 bits per heavy atom. The fraction of sp³-hybridized carbons (Fsp3) is 0.250. The van der Waals surface area contributed by atoms with Crippen LogP contribution in [0.4, 0.5) is 0 Å². The number of furan rings is 1. The van der Waals surface area contributed by atoms with Gasteiger partial charge in [0.2, 0.25) is 0 Å². The van der Waals surface area contributed by atoms with E-state index in [-0.39, 0.29) is 0 Å². The van der Waals surface area contributed by atoms with Gasteiger partial charge in [-0.3, -0.25) is 5.10 Å². The Morgan fingerprint density at radius 1 is 1.24 bits per heavy atom. The van der Waals surface area contributed by atoms with Crippen molar-refractivity contribution >= 4 is 21.9 Å². The Labute approximate surface area is 97.3 Å². The van der Waals surface area contributed by atoms with Crippen LogP contribution in [0, 0.1) is 6.92 Å². The highest BCUT2D eigenvalue weighted by Crippen LogP contribution is 2.43. The van der Waals surface area contributed by atoms with Gasteiger partial charge in [-0.1, -0.05) is 0 Å². The fourth-order valence-electron chi connectivity index (χ4n) is 2.18. The molecule has 2 heterocycles. The van der Waals surface area contributed by atoms with Crippen molar-refractivity contribution in [3.8, 4) is 11.5 Å². The highest BCUT2D eigenvalue weighted by molar-refractivity contribution is 6.08. The third-order valence-corrected chi connectivity index (χ3v) is 2.91. The molecule has 2 aromatic heterocycles. The SMILES string of the molecule is COc1c2n[nH]c(C)c2c(OC)c2ccoc12. The van der Waals surface area contributed by atoms with Crippen molar-refractivity contribution in [2.75, 3.05) is 14.2 Å². The number of aromatic amines is 1. The van der Waals surface area contributed by atoms with Gasteiger partial charge in [-0.15, -0.1) is 0 Å². The van der Waals surface area contributed by atoms with Crippen molar-refractivity contribution in [2.24, 2.45) is 0 Å². The predicted molar refractivity (Wildman–Crippen MR) is 63.7 cm³/mol. The molecular formula is C12H12N2O3. The maximum absolute atomic E-state index is 5.46. The van der Waals surface area contributed by atoms with Crippen LogP contribution in [0.5, 0.6) is 11.5 Å². The molecule has 0 aliphatic rings. The van der Waals surface area contributed by atoms with E-state index in [1.54, 1.807) is 20.5 Å². The highest BCUT2D eigenvalue weighted by Gasteiger charge is 2.21. The van der Waals surface area contributed by atoms with Crippen molar-refractivity contribution in [1.29, 1.82) is 0 Å². The van der Waals surface area contributed by atoms with Gasteiger partial charge in [0, 0.05) is 5.69 Å². The van der Waals surface area contributed by atoms with Gasteiger partial charge in [0.15, 0.2) is 11.3 Å². The van der Waals surface area contributed by atoms with Crippen LogP contribution in [0.1, 0.15) is 5.69 Å². The molecule has 88 valence electrons. The third kappa shape index (κ3) is 1.16. The number of aromatic nitrogens is 2. The molecule has 17 heavy (non-hydrogen) atoms. The van der Waals surface area contributed by atoms with Crippen LogP contribution >= 0.6 is 0 Å². The molecule has 1 aromatic carbocycles. The smallest absolute Gasteiger partial charge is 0.190 e. The molecular weight excluding hydrogens is 220 g/mol. The molecule has 5 nitrogen and oxygen atoms in total. The topological polar surface area (TPSA) is 60.3 Å². The van der Waals surface area contributed by atoms with Crippen molar-refractivity contribution in [3.05, 3.63) is 18.0 Å². The molecule has 0 aliphatic heterocycles. The van der Waals surface area contributed by atoms with Gasteiger partial charge < -0.3 is 13.9 Å². The Bertz CT molecular complexity index is 696. The van der Waals surface area contributed by atoms with Gasteiger partial charge in [0.05, 0.1) is 31.3 Å². The van der Waals surface area contributed by atoms with Gasteiger partial charge in [-0.05, 0) is 13.0 Å². The van der Waals surface area contributed by atoms with E-state index in [0.717, 1.165) is 27.7 Å². The molecule has 1 N–H and O–H groups in total. The monoisotopic (exact) mass is 232 g/mol. The van der Waals surface area contributed by atoms with E-state index in [1.165, 1.54) is 0 Å². The minimum atomic E-state index is 0.630. The van der Waals surface area contributed by atoms with Gasteiger partial charge in [0.25, 0.3) is 0 Å². The minimum absolute atomic E-state index is 0.630. The molecule has 0 saturated carbocycles. The average molecular weight is 232 g/mol. The number of H-pyrrole nitrogens is 1. The third-order valence-electron chi connectivity index (χ3n) is 2.91. The molecule has 0 bridgehead atoms. The number of nitrogens with zero attached hydrogens (tertiary/aromatic N) is 1. The van der Waals surface area contributed by atoms with E-state index in [2.05, 4.69) is 10.2 Å². The lowest BCUT2D eigenvalue weighted by atomic mass is 10.1. The standard InChI is InChI=1S/C12H12N2O3/c1-6-8-9(14-13-6)12(16-3)11-7(4-5-17-11)10(8)15-2/h4-5H,1-3H3,(H,13,14). The van der Waals surface area contributed by atoms with Gasteiger partial charge in [-0.25, -0.2) is 0 Å². The molecule has 0 unspecified atom stereocenters. The predicted octanol–water partition coefficient (Wildman–Crippen LogP) is 2.63. The van der Waals surface area contributed by atoms with Crippen LogP contribution in [0.2, 0.25) is 0 Å². The Hall–Kier alpha value is -2.17. The Balaban J connectivity index is 2.62. The van der Waals surface area contributed by atoms with E-state index in [4.69, 9.17) is 13.9 Å². The highest BCUT2D eigenvalue weighted by atomic mass is 16.5.